The Morgan fingerprint density at radius 3 is 2.29 bits per heavy atom. The van der Waals surface area contributed by atoms with E-state index in [1.807, 2.05) is 0 Å². The molecule has 0 saturated heterocycles. The van der Waals surface area contributed by atoms with Crippen LogP contribution in [0.5, 0.6) is 5.75 Å². The standard InChI is InChI=1S/C18H19ClF2N2O4S/c1-3-23(4-2)28(25,26)14-9-10-16(19)15(11-14)17(24)22-12-5-7-13(8-6-12)27-18(20)21/h5-11,18H,3-4H2,1-2H3,(H,22,24). The largest absolute Gasteiger partial charge is 0.435 e. The molecular formula is C18H19ClF2N2O4S. The van der Waals surface area contributed by atoms with E-state index < -0.39 is 22.5 Å². The molecule has 28 heavy (non-hydrogen) atoms. The van der Waals surface area contributed by atoms with Gasteiger partial charge in [0, 0.05) is 18.8 Å². The van der Waals surface area contributed by atoms with E-state index in [2.05, 4.69) is 10.1 Å². The summed E-state index contributed by atoms with van der Waals surface area (Å²) in [5, 5.41) is 2.62. The molecule has 0 fully saturated rings. The van der Waals surface area contributed by atoms with Gasteiger partial charge in [0.25, 0.3) is 5.91 Å². The fourth-order valence-corrected chi connectivity index (χ4v) is 4.16. The van der Waals surface area contributed by atoms with E-state index >= 15 is 0 Å². The van der Waals surface area contributed by atoms with Crippen LogP contribution < -0.4 is 10.1 Å². The second-order valence-corrected chi connectivity index (χ2v) is 7.93. The van der Waals surface area contributed by atoms with Crippen LogP contribution in [0.3, 0.4) is 0 Å². The quantitative estimate of drug-likeness (QED) is 0.677. The van der Waals surface area contributed by atoms with Crippen LogP contribution in [0.15, 0.2) is 47.4 Å². The maximum Gasteiger partial charge on any atom is 0.387 e. The van der Waals surface area contributed by atoms with Crippen molar-refractivity contribution in [2.45, 2.75) is 25.4 Å². The molecule has 2 aromatic carbocycles. The van der Waals surface area contributed by atoms with Crippen molar-refractivity contribution < 1.29 is 26.7 Å². The number of halogens is 3. The molecule has 0 bridgehead atoms. The number of rotatable bonds is 8. The van der Waals surface area contributed by atoms with Crippen LogP contribution in [0.2, 0.25) is 5.02 Å². The van der Waals surface area contributed by atoms with Gasteiger partial charge >= 0.3 is 6.61 Å². The first-order valence-electron chi connectivity index (χ1n) is 8.35. The van der Waals surface area contributed by atoms with Gasteiger partial charge in [-0.25, -0.2) is 8.42 Å². The number of anilines is 1. The average molecular weight is 433 g/mol. The Kier molecular flexibility index (Phi) is 7.34. The second kappa shape index (κ2) is 9.31. The summed E-state index contributed by atoms with van der Waals surface area (Å²) in [6, 6.07) is 9.17. The van der Waals surface area contributed by atoms with Crippen LogP contribution in [0.1, 0.15) is 24.2 Å². The van der Waals surface area contributed by atoms with Crippen LogP contribution in [0.25, 0.3) is 0 Å². The minimum Gasteiger partial charge on any atom is -0.435 e. The number of amides is 1. The number of nitrogens with one attached hydrogen (secondary N) is 1. The molecule has 0 radical (unpaired) electrons. The zero-order valence-electron chi connectivity index (χ0n) is 15.2. The summed E-state index contributed by atoms with van der Waals surface area (Å²) < 4.78 is 55.1. The van der Waals surface area contributed by atoms with Gasteiger partial charge in [0.15, 0.2) is 0 Å². The molecule has 0 aliphatic carbocycles. The molecule has 2 rings (SSSR count). The van der Waals surface area contributed by atoms with E-state index in [0.29, 0.717) is 5.69 Å². The van der Waals surface area contributed by atoms with Crippen LogP contribution >= 0.6 is 11.6 Å². The fraction of sp³-hybridized carbons (Fsp3) is 0.278. The summed E-state index contributed by atoms with van der Waals surface area (Å²) >= 11 is 6.06. The maximum absolute atomic E-state index is 12.6. The van der Waals surface area contributed by atoms with Crippen molar-refractivity contribution >= 4 is 33.2 Å². The second-order valence-electron chi connectivity index (χ2n) is 5.59. The first-order valence-corrected chi connectivity index (χ1v) is 10.2. The number of nitrogens with zero attached hydrogens (tertiary/aromatic N) is 1. The van der Waals surface area contributed by atoms with Gasteiger partial charge in [0.1, 0.15) is 5.75 Å². The number of ether oxygens (including phenoxy) is 1. The molecular weight excluding hydrogens is 414 g/mol. The zero-order valence-corrected chi connectivity index (χ0v) is 16.7. The van der Waals surface area contributed by atoms with Crippen molar-refractivity contribution in [1.29, 1.82) is 0 Å². The van der Waals surface area contributed by atoms with Gasteiger partial charge < -0.3 is 10.1 Å². The van der Waals surface area contributed by atoms with Crippen molar-refractivity contribution in [2.24, 2.45) is 0 Å². The number of sulfonamides is 1. The Bertz CT molecular complexity index is 933. The summed E-state index contributed by atoms with van der Waals surface area (Å²) in [7, 11) is -3.76. The number of benzene rings is 2. The molecule has 0 aliphatic heterocycles. The lowest BCUT2D eigenvalue weighted by Gasteiger charge is -2.19. The van der Waals surface area contributed by atoms with Gasteiger partial charge in [0.2, 0.25) is 10.0 Å². The molecule has 152 valence electrons. The fourth-order valence-electron chi connectivity index (χ4n) is 2.47. The number of carbonyl (C=O) groups is 1. The lowest BCUT2D eigenvalue weighted by Crippen LogP contribution is -2.30. The van der Waals surface area contributed by atoms with Gasteiger partial charge in [-0.05, 0) is 42.5 Å². The molecule has 2 aromatic rings. The van der Waals surface area contributed by atoms with Gasteiger partial charge in [0.05, 0.1) is 15.5 Å². The molecule has 0 heterocycles. The molecule has 0 unspecified atom stereocenters. The first kappa shape index (κ1) is 22.1. The summed E-state index contributed by atoms with van der Waals surface area (Å²) in [5.74, 6) is -0.692. The Morgan fingerprint density at radius 2 is 1.75 bits per heavy atom. The van der Waals surface area contributed by atoms with Gasteiger partial charge in [-0.3, -0.25) is 4.79 Å². The third kappa shape index (κ3) is 5.18. The smallest absolute Gasteiger partial charge is 0.387 e. The third-order valence-electron chi connectivity index (χ3n) is 3.86. The minimum absolute atomic E-state index is 0.0252. The van der Waals surface area contributed by atoms with Crippen molar-refractivity contribution in [2.75, 3.05) is 18.4 Å². The molecule has 0 aliphatic rings. The van der Waals surface area contributed by atoms with Crippen molar-refractivity contribution in [3.05, 3.63) is 53.1 Å². The molecule has 0 saturated carbocycles. The minimum atomic E-state index is -3.76. The van der Waals surface area contributed by atoms with Crippen molar-refractivity contribution in [3.8, 4) is 5.75 Å². The Morgan fingerprint density at radius 1 is 1.14 bits per heavy atom. The molecule has 0 spiro atoms. The summed E-state index contributed by atoms with van der Waals surface area (Å²) in [5.41, 5.74) is 0.280. The lowest BCUT2D eigenvalue weighted by atomic mass is 10.2. The highest BCUT2D eigenvalue weighted by molar-refractivity contribution is 7.89. The van der Waals surface area contributed by atoms with E-state index in [1.165, 1.54) is 46.8 Å². The van der Waals surface area contributed by atoms with Gasteiger partial charge in [-0.1, -0.05) is 25.4 Å². The number of carbonyl (C=O) groups excluding carboxylic acids is 1. The molecule has 0 aromatic heterocycles. The van der Waals surface area contributed by atoms with Gasteiger partial charge in [-0.2, -0.15) is 13.1 Å². The Balaban J connectivity index is 2.26. The van der Waals surface area contributed by atoms with Crippen molar-refractivity contribution in [1.82, 2.24) is 4.31 Å². The molecule has 1 N–H and O–H groups in total. The average Bonchev–Trinajstić information content (AvgIpc) is 2.63. The topological polar surface area (TPSA) is 75.7 Å². The van der Waals surface area contributed by atoms with E-state index in [-0.39, 0.29) is 34.3 Å². The van der Waals surface area contributed by atoms with Crippen LogP contribution in [-0.2, 0) is 10.0 Å². The first-order chi connectivity index (χ1) is 13.2. The van der Waals surface area contributed by atoms with E-state index in [9.17, 15) is 22.0 Å². The number of hydrogen-bond donors (Lipinski definition) is 1. The third-order valence-corrected chi connectivity index (χ3v) is 6.24. The molecule has 0 atom stereocenters. The van der Waals surface area contributed by atoms with Crippen LogP contribution in [0, 0.1) is 0 Å². The lowest BCUT2D eigenvalue weighted by molar-refractivity contribution is -0.0498. The molecule has 10 heteroatoms. The predicted molar refractivity (Wildman–Crippen MR) is 103 cm³/mol. The zero-order chi connectivity index (χ0) is 20.9. The predicted octanol–water partition coefficient (Wildman–Crippen LogP) is 4.22. The highest BCUT2D eigenvalue weighted by atomic mass is 35.5. The Labute approximate surface area is 167 Å². The highest BCUT2D eigenvalue weighted by Crippen LogP contribution is 2.25. The summed E-state index contributed by atoms with van der Waals surface area (Å²) in [6.45, 7) is 1.05. The summed E-state index contributed by atoms with van der Waals surface area (Å²) in [6.07, 6.45) is 0. The normalized spacial score (nSPS) is 11.7. The van der Waals surface area contributed by atoms with Crippen LogP contribution in [0.4, 0.5) is 14.5 Å². The number of alkyl halides is 2. The SMILES string of the molecule is CCN(CC)S(=O)(=O)c1ccc(Cl)c(C(=O)Nc2ccc(OC(F)F)cc2)c1. The van der Waals surface area contributed by atoms with Crippen molar-refractivity contribution in [3.63, 3.8) is 0 Å². The molecule has 1 amide bonds. The highest BCUT2D eigenvalue weighted by Gasteiger charge is 2.24. The number of hydrogen-bond acceptors (Lipinski definition) is 4. The van der Waals surface area contributed by atoms with Crippen LogP contribution in [-0.4, -0.2) is 38.3 Å². The summed E-state index contributed by atoms with van der Waals surface area (Å²) in [4.78, 5) is 12.5. The van der Waals surface area contributed by atoms with E-state index in [4.69, 9.17) is 11.6 Å². The van der Waals surface area contributed by atoms with E-state index in [1.54, 1.807) is 13.8 Å². The maximum atomic E-state index is 12.6. The molecule has 6 nitrogen and oxygen atoms in total. The monoisotopic (exact) mass is 432 g/mol. The van der Waals surface area contributed by atoms with E-state index in [0.717, 1.165) is 0 Å². The Hall–Kier alpha value is -2.23. The van der Waals surface area contributed by atoms with Gasteiger partial charge in [-0.15, -0.1) is 0 Å².